The first-order valence-corrected chi connectivity index (χ1v) is 8.17. The van der Waals surface area contributed by atoms with Crippen molar-refractivity contribution in [2.24, 2.45) is 17.6 Å². The number of nitrogens with zero attached hydrogens (tertiary/aromatic N) is 1. The minimum absolute atomic E-state index is 0.0808. The van der Waals surface area contributed by atoms with Crippen molar-refractivity contribution in [1.82, 2.24) is 4.90 Å². The summed E-state index contributed by atoms with van der Waals surface area (Å²) in [6, 6.07) is 5.75. The Balaban J connectivity index is 1.52. The lowest BCUT2D eigenvalue weighted by Crippen LogP contribution is -2.33. The minimum atomic E-state index is 0.0808. The number of ether oxygens (including phenoxy) is 2. The summed E-state index contributed by atoms with van der Waals surface area (Å²) >= 11 is 0. The van der Waals surface area contributed by atoms with E-state index in [0.29, 0.717) is 36.4 Å². The Kier molecular flexibility index (Phi) is 3.45. The average Bonchev–Trinajstić information content (AvgIpc) is 3.00. The summed E-state index contributed by atoms with van der Waals surface area (Å²) in [5.41, 5.74) is 6.83. The van der Waals surface area contributed by atoms with Crippen LogP contribution >= 0.6 is 0 Å². The van der Waals surface area contributed by atoms with Crippen LogP contribution in [0.4, 0.5) is 0 Å². The van der Waals surface area contributed by atoms with E-state index in [4.69, 9.17) is 15.2 Å². The van der Waals surface area contributed by atoms with Crippen LogP contribution in [0.3, 0.4) is 0 Å². The van der Waals surface area contributed by atoms with Gasteiger partial charge in [-0.05, 0) is 42.9 Å². The van der Waals surface area contributed by atoms with Crippen molar-refractivity contribution in [3.8, 4) is 11.5 Å². The number of hydrogen-bond donors (Lipinski definition) is 1. The summed E-state index contributed by atoms with van der Waals surface area (Å²) in [6.07, 6.45) is 3.11. The largest absolute Gasteiger partial charge is 0.490 e. The topological polar surface area (TPSA) is 64.8 Å². The Morgan fingerprint density at radius 2 is 1.95 bits per heavy atom. The third-order valence-corrected chi connectivity index (χ3v) is 5.19. The molecule has 5 heteroatoms. The van der Waals surface area contributed by atoms with E-state index < -0.39 is 0 Å². The zero-order valence-corrected chi connectivity index (χ0v) is 12.7. The second-order valence-corrected chi connectivity index (χ2v) is 6.59. The average molecular weight is 302 g/mol. The zero-order valence-electron chi connectivity index (χ0n) is 12.7. The molecule has 1 aliphatic carbocycles. The monoisotopic (exact) mass is 302 g/mol. The van der Waals surface area contributed by atoms with Crippen LogP contribution < -0.4 is 15.2 Å². The summed E-state index contributed by atoms with van der Waals surface area (Å²) in [5.74, 6) is 2.55. The number of benzene rings is 1. The summed E-state index contributed by atoms with van der Waals surface area (Å²) in [5, 5.41) is 0. The van der Waals surface area contributed by atoms with E-state index >= 15 is 0 Å². The van der Waals surface area contributed by atoms with Gasteiger partial charge in [-0.15, -0.1) is 0 Å². The molecule has 0 aromatic heterocycles. The first kappa shape index (κ1) is 13.9. The summed E-state index contributed by atoms with van der Waals surface area (Å²) in [4.78, 5) is 14.7. The highest BCUT2D eigenvalue weighted by Gasteiger charge is 2.42. The molecule has 0 bridgehead atoms. The number of rotatable bonds is 1. The fraction of sp³-hybridized carbons (Fsp3) is 0.588. The number of likely N-dealkylation sites (tertiary alicyclic amines) is 1. The van der Waals surface area contributed by atoms with E-state index in [-0.39, 0.29) is 11.9 Å². The van der Waals surface area contributed by atoms with E-state index in [1.54, 1.807) is 0 Å². The van der Waals surface area contributed by atoms with Gasteiger partial charge < -0.3 is 20.1 Å². The number of amides is 1. The van der Waals surface area contributed by atoms with Gasteiger partial charge >= 0.3 is 0 Å². The van der Waals surface area contributed by atoms with Crippen LogP contribution in [0.5, 0.6) is 11.5 Å². The molecule has 4 rings (SSSR count). The van der Waals surface area contributed by atoms with E-state index in [0.717, 1.165) is 38.1 Å². The van der Waals surface area contributed by atoms with Crippen LogP contribution in [-0.4, -0.2) is 43.2 Å². The van der Waals surface area contributed by atoms with Crippen molar-refractivity contribution in [2.45, 2.75) is 25.3 Å². The predicted molar refractivity (Wildman–Crippen MR) is 82.1 cm³/mol. The Morgan fingerprint density at radius 3 is 2.77 bits per heavy atom. The SMILES string of the molecule is NC1CCC2CN(C(=O)c3ccc4c(c3)OCCCO4)CC12. The Labute approximate surface area is 130 Å². The molecule has 3 unspecified atom stereocenters. The molecule has 3 aliphatic rings. The number of hydrogen-bond acceptors (Lipinski definition) is 4. The standard InChI is InChI=1S/C17H22N2O3/c18-14-4-2-12-9-19(10-13(12)14)17(20)11-3-5-15-16(8-11)22-7-1-6-21-15/h3,5,8,12-14H,1-2,4,6-7,9-10,18H2. The molecule has 2 aliphatic heterocycles. The molecule has 5 nitrogen and oxygen atoms in total. The van der Waals surface area contributed by atoms with E-state index in [9.17, 15) is 4.79 Å². The summed E-state index contributed by atoms with van der Waals surface area (Å²) in [7, 11) is 0. The van der Waals surface area contributed by atoms with Crippen LogP contribution in [0.15, 0.2) is 18.2 Å². The molecule has 3 atom stereocenters. The molecule has 1 saturated carbocycles. The van der Waals surface area contributed by atoms with Crippen LogP contribution in [0.2, 0.25) is 0 Å². The lowest BCUT2D eigenvalue weighted by Gasteiger charge is -2.19. The maximum absolute atomic E-state index is 12.7. The minimum Gasteiger partial charge on any atom is -0.490 e. The molecule has 2 fully saturated rings. The quantitative estimate of drug-likeness (QED) is 0.857. The second-order valence-electron chi connectivity index (χ2n) is 6.59. The van der Waals surface area contributed by atoms with Gasteiger partial charge in [0.05, 0.1) is 13.2 Å². The molecular formula is C17H22N2O3. The molecule has 0 radical (unpaired) electrons. The van der Waals surface area contributed by atoms with Gasteiger partial charge in [0, 0.05) is 31.1 Å². The fourth-order valence-corrected chi connectivity index (χ4v) is 3.95. The van der Waals surface area contributed by atoms with E-state index in [2.05, 4.69) is 0 Å². The molecule has 1 amide bonds. The molecule has 1 aromatic rings. The highest BCUT2D eigenvalue weighted by molar-refractivity contribution is 5.95. The van der Waals surface area contributed by atoms with Gasteiger partial charge in [-0.1, -0.05) is 0 Å². The fourth-order valence-electron chi connectivity index (χ4n) is 3.95. The van der Waals surface area contributed by atoms with Gasteiger partial charge in [0.1, 0.15) is 0 Å². The number of nitrogens with two attached hydrogens (primary N) is 1. The highest BCUT2D eigenvalue weighted by atomic mass is 16.5. The molecule has 22 heavy (non-hydrogen) atoms. The van der Waals surface area contributed by atoms with Crippen molar-refractivity contribution in [3.05, 3.63) is 23.8 Å². The van der Waals surface area contributed by atoms with Gasteiger partial charge in [-0.25, -0.2) is 0 Å². The lowest BCUT2D eigenvalue weighted by atomic mass is 9.98. The molecule has 0 spiro atoms. The number of fused-ring (bicyclic) bond motifs is 2. The first-order chi connectivity index (χ1) is 10.7. The maximum atomic E-state index is 12.7. The highest BCUT2D eigenvalue weighted by Crippen LogP contribution is 2.38. The predicted octanol–water partition coefficient (Wildman–Crippen LogP) is 1.66. The Morgan fingerprint density at radius 1 is 1.14 bits per heavy atom. The van der Waals surface area contributed by atoms with Crippen LogP contribution in [0, 0.1) is 11.8 Å². The Bertz CT molecular complexity index is 589. The van der Waals surface area contributed by atoms with Gasteiger partial charge in [0.15, 0.2) is 11.5 Å². The Hall–Kier alpha value is -1.75. The smallest absolute Gasteiger partial charge is 0.254 e. The van der Waals surface area contributed by atoms with E-state index in [1.165, 1.54) is 0 Å². The number of carbonyl (C=O) groups excluding carboxylic acids is 1. The van der Waals surface area contributed by atoms with Crippen molar-refractivity contribution in [2.75, 3.05) is 26.3 Å². The second kappa shape index (κ2) is 5.47. The van der Waals surface area contributed by atoms with Crippen molar-refractivity contribution < 1.29 is 14.3 Å². The summed E-state index contributed by atoms with van der Waals surface area (Å²) < 4.78 is 11.3. The molecule has 1 aromatic carbocycles. The molecule has 2 heterocycles. The van der Waals surface area contributed by atoms with Gasteiger partial charge in [0.2, 0.25) is 0 Å². The maximum Gasteiger partial charge on any atom is 0.254 e. The number of carbonyl (C=O) groups is 1. The zero-order chi connectivity index (χ0) is 15.1. The molecule has 118 valence electrons. The summed E-state index contributed by atoms with van der Waals surface area (Å²) in [6.45, 7) is 2.92. The van der Waals surface area contributed by atoms with Crippen LogP contribution in [0.1, 0.15) is 29.6 Å². The third kappa shape index (κ3) is 2.33. The first-order valence-electron chi connectivity index (χ1n) is 8.17. The van der Waals surface area contributed by atoms with E-state index in [1.807, 2.05) is 23.1 Å². The van der Waals surface area contributed by atoms with Crippen molar-refractivity contribution >= 4 is 5.91 Å². The van der Waals surface area contributed by atoms with Gasteiger partial charge in [-0.2, -0.15) is 0 Å². The van der Waals surface area contributed by atoms with Crippen molar-refractivity contribution in [3.63, 3.8) is 0 Å². The normalized spacial score (nSPS) is 30.0. The van der Waals surface area contributed by atoms with Gasteiger partial charge in [0.25, 0.3) is 5.91 Å². The van der Waals surface area contributed by atoms with Gasteiger partial charge in [-0.3, -0.25) is 4.79 Å². The lowest BCUT2D eigenvalue weighted by molar-refractivity contribution is 0.0779. The van der Waals surface area contributed by atoms with Crippen LogP contribution in [-0.2, 0) is 0 Å². The molecule has 1 saturated heterocycles. The van der Waals surface area contributed by atoms with Crippen molar-refractivity contribution in [1.29, 1.82) is 0 Å². The molecular weight excluding hydrogens is 280 g/mol. The molecule has 2 N–H and O–H groups in total. The van der Waals surface area contributed by atoms with Crippen LogP contribution in [0.25, 0.3) is 0 Å². The third-order valence-electron chi connectivity index (χ3n) is 5.19.